The summed E-state index contributed by atoms with van der Waals surface area (Å²) in [4.78, 5) is 31.1. The Morgan fingerprint density at radius 1 is 1.14 bits per heavy atom. The van der Waals surface area contributed by atoms with Crippen LogP contribution in [0.2, 0.25) is 10.0 Å². The summed E-state index contributed by atoms with van der Waals surface area (Å²) in [6, 6.07) is 7.33. The number of carbonyl (C=O) groups is 2. The Hall–Kier alpha value is -3.50. The quantitative estimate of drug-likeness (QED) is 0.466. The van der Waals surface area contributed by atoms with Gasteiger partial charge in [0, 0.05) is 25.5 Å². The van der Waals surface area contributed by atoms with Gasteiger partial charge in [0.1, 0.15) is 0 Å². The molecule has 7 nitrogen and oxygen atoms in total. The lowest BCUT2D eigenvalue weighted by Crippen LogP contribution is -2.33. The summed E-state index contributed by atoms with van der Waals surface area (Å²) >= 11 is 12.2. The van der Waals surface area contributed by atoms with Gasteiger partial charge in [0.15, 0.2) is 11.3 Å². The molecule has 188 valence electrons. The maximum Gasteiger partial charge on any atom is 0.435 e. The highest BCUT2D eigenvalue weighted by Gasteiger charge is 2.38. The highest BCUT2D eigenvalue weighted by Crippen LogP contribution is 2.34. The fraction of sp³-hybridized carbons (Fsp3) is 0.208. The minimum absolute atomic E-state index is 0.00332. The number of rotatable bonds is 6. The summed E-state index contributed by atoms with van der Waals surface area (Å²) in [6.45, 7) is 0.832. The van der Waals surface area contributed by atoms with Gasteiger partial charge in [-0.3, -0.25) is 9.59 Å². The van der Waals surface area contributed by atoms with Gasteiger partial charge in [-0.15, -0.1) is 0 Å². The first-order valence-electron chi connectivity index (χ1n) is 10.7. The predicted octanol–water partition coefficient (Wildman–Crippen LogP) is 4.96. The van der Waals surface area contributed by atoms with Gasteiger partial charge in [0.25, 0.3) is 5.91 Å². The van der Waals surface area contributed by atoms with E-state index in [-0.39, 0.29) is 39.2 Å². The number of allylic oxidation sites excluding steroid dienone is 2. The molecule has 0 bridgehead atoms. The Morgan fingerprint density at radius 2 is 1.86 bits per heavy atom. The number of benzene rings is 1. The number of nitrogens with one attached hydrogen (secondary N) is 2. The second-order valence-corrected chi connectivity index (χ2v) is 8.81. The molecule has 0 unspecified atom stereocenters. The molecule has 0 saturated heterocycles. The summed E-state index contributed by atoms with van der Waals surface area (Å²) in [5.74, 6) is -1.32. The Labute approximate surface area is 214 Å². The van der Waals surface area contributed by atoms with Crippen molar-refractivity contribution in [1.82, 2.24) is 19.6 Å². The zero-order valence-corrected chi connectivity index (χ0v) is 20.4. The van der Waals surface area contributed by atoms with Crippen molar-refractivity contribution in [2.24, 2.45) is 0 Å². The standard InChI is InChI=1S/C24H20Cl2F3N5O2/c1-33-10-3-2-6-14(33)13-30-19(35)12-18-21(24(27,28)29)32-22-17(9-5-11-34(18)22)31-23(36)20-15(25)7-4-8-16(20)26/h2-9,11H,10,12-13H2,1H3,(H,30,35)(H,31,36). The number of alkyl halides is 3. The molecule has 2 N–H and O–H groups in total. The van der Waals surface area contributed by atoms with Crippen LogP contribution in [0.1, 0.15) is 21.7 Å². The van der Waals surface area contributed by atoms with Crippen LogP contribution in [0, 0.1) is 0 Å². The van der Waals surface area contributed by atoms with Crippen molar-refractivity contribution in [3.8, 4) is 0 Å². The van der Waals surface area contributed by atoms with E-state index < -0.39 is 30.1 Å². The Kier molecular flexibility index (Phi) is 7.28. The summed E-state index contributed by atoms with van der Waals surface area (Å²) < 4.78 is 42.8. The molecule has 0 spiro atoms. The summed E-state index contributed by atoms with van der Waals surface area (Å²) in [7, 11) is 1.85. The van der Waals surface area contributed by atoms with E-state index in [4.69, 9.17) is 23.2 Å². The van der Waals surface area contributed by atoms with E-state index in [1.165, 1.54) is 30.5 Å². The molecule has 4 rings (SSSR count). The van der Waals surface area contributed by atoms with E-state index in [2.05, 4.69) is 15.6 Å². The summed E-state index contributed by atoms with van der Waals surface area (Å²) in [6.07, 6.45) is 1.55. The zero-order valence-electron chi connectivity index (χ0n) is 18.9. The lowest BCUT2D eigenvalue weighted by atomic mass is 10.2. The van der Waals surface area contributed by atoms with Crippen molar-refractivity contribution in [3.05, 3.63) is 87.5 Å². The second-order valence-electron chi connectivity index (χ2n) is 7.99. The molecule has 3 aromatic rings. The van der Waals surface area contributed by atoms with E-state index in [0.29, 0.717) is 6.54 Å². The van der Waals surface area contributed by atoms with Gasteiger partial charge in [-0.1, -0.05) is 41.4 Å². The number of imidazole rings is 1. The molecule has 0 aliphatic carbocycles. The van der Waals surface area contributed by atoms with Gasteiger partial charge < -0.3 is 19.9 Å². The minimum atomic E-state index is -4.83. The SMILES string of the molecule is CN1CC=CC=C1CNC(=O)Cc1c(C(F)(F)F)nc2c(NC(=O)c3c(Cl)cccc3Cl)cccn12. The average Bonchev–Trinajstić information content (AvgIpc) is 3.18. The monoisotopic (exact) mass is 537 g/mol. The number of hydrogen-bond donors (Lipinski definition) is 2. The summed E-state index contributed by atoms with van der Waals surface area (Å²) in [5.41, 5.74) is -0.953. The van der Waals surface area contributed by atoms with Gasteiger partial charge >= 0.3 is 6.18 Å². The number of hydrogen-bond acceptors (Lipinski definition) is 4. The van der Waals surface area contributed by atoms with Crippen LogP contribution in [-0.4, -0.2) is 46.2 Å². The van der Waals surface area contributed by atoms with E-state index in [1.54, 1.807) is 6.07 Å². The van der Waals surface area contributed by atoms with Crippen LogP contribution >= 0.6 is 23.2 Å². The Bertz CT molecular complexity index is 1380. The number of anilines is 1. The minimum Gasteiger partial charge on any atom is -0.373 e. The van der Waals surface area contributed by atoms with Crippen LogP contribution in [0.3, 0.4) is 0 Å². The van der Waals surface area contributed by atoms with E-state index in [1.807, 2.05) is 30.2 Å². The second kappa shape index (κ2) is 10.2. The van der Waals surface area contributed by atoms with Gasteiger partial charge in [0.2, 0.25) is 5.91 Å². The third-order valence-electron chi connectivity index (χ3n) is 5.54. The van der Waals surface area contributed by atoms with E-state index in [9.17, 15) is 22.8 Å². The van der Waals surface area contributed by atoms with Crippen molar-refractivity contribution in [3.63, 3.8) is 0 Å². The maximum atomic E-state index is 13.9. The maximum absolute atomic E-state index is 13.9. The van der Waals surface area contributed by atoms with Crippen molar-refractivity contribution >= 4 is 46.4 Å². The largest absolute Gasteiger partial charge is 0.435 e. The van der Waals surface area contributed by atoms with Gasteiger partial charge in [-0.25, -0.2) is 4.98 Å². The van der Waals surface area contributed by atoms with Gasteiger partial charge in [-0.2, -0.15) is 13.2 Å². The normalized spacial score (nSPS) is 13.6. The third-order valence-corrected chi connectivity index (χ3v) is 6.17. The van der Waals surface area contributed by atoms with Crippen LogP contribution in [-0.2, 0) is 17.4 Å². The molecular formula is C24H20Cl2F3N5O2. The molecule has 2 aromatic heterocycles. The van der Waals surface area contributed by atoms with Crippen molar-refractivity contribution < 1.29 is 22.8 Å². The van der Waals surface area contributed by atoms with Crippen LogP contribution in [0.5, 0.6) is 0 Å². The fourth-order valence-corrected chi connectivity index (χ4v) is 4.32. The van der Waals surface area contributed by atoms with Crippen LogP contribution in [0.25, 0.3) is 5.65 Å². The third kappa shape index (κ3) is 5.34. The van der Waals surface area contributed by atoms with Crippen LogP contribution in [0.15, 0.2) is 60.5 Å². The number of amides is 2. The molecule has 1 aliphatic rings. The lowest BCUT2D eigenvalue weighted by molar-refractivity contribution is -0.141. The van der Waals surface area contributed by atoms with Crippen molar-refractivity contribution in [2.75, 3.05) is 25.5 Å². The number of aromatic nitrogens is 2. The first kappa shape index (κ1) is 25.6. The molecule has 12 heteroatoms. The number of nitrogens with zero attached hydrogens (tertiary/aromatic N) is 3. The molecule has 1 aliphatic heterocycles. The smallest absolute Gasteiger partial charge is 0.373 e. The zero-order chi connectivity index (χ0) is 26.0. The molecular weight excluding hydrogens is 518 g/mol. The highest BCUT2D eigenvalue weighted by molar-refractivity contribution is 6.40. The number of likely N-dealkylation sites (N-methyl/N-ethyl adjacent to an activating group) is 1. The molecule has 0 radical (unpaired) electrons. The summed E-state index contributed by atoms with van der Waals surface area (Å²) in [5, 5.41) is 5.34. The topological polar surface area (TPSA) is 78.7 Å². The van der Waals surface area contributed by atoms with Crippen LogP contribution < -0.4 is 10.6 Å². The number of halogens is 5. The number of carbonyl (C=O) groups excluding carboxylic acids is 2. The average molecular weight is 538 g/mol. The van der Waals surface area contributed by atoms with E-state index in [0.717, 1.165) is 10.1 Å². The molecule has 1 aromatic carbocycles. The van der Waals surface area contributed by atoms with Crippen molar-refractivity contribution in [2.45, 2.75) is 12.6 Å². The lowest BCUT2D eigenvalue weighted by Gasteiger charge is -2.23. The predicted molar refractivity (Wildman–Crippen MR) is 131 cm³/mol. The molecule has 0 atom stereocenters. The number of fused-ring (bicyclic) bond motifs is 1. The first-order valence-corrected chi connectivity index (χ1v) is 11.5. The van der Waals surface area contributed by atoms with Crippen LogP contribution in [0.4, 0.5) is 18.9 Å². The molecule has 3 heterocycles. The molecule has 36 heavy (non-hydrogen) atoms. The van der Waals surface area contributed by atoms with Crippen molar-refractivity contribution in [1.29, 1.82) is 0 Å². The molecule has 0 saturated carbocycles. The Balaban J connectivity index is 1.64. The van der Waals surface area contributed by atoms with Gasteiger partial charge in [0.05, 0.1) is 40.0 Å². The first-order chi connectivity index (χ1) is 17.1. The fourth-order valence-electron chi connectivity index (χ4n) is 3.75. The Morgan fingerprint density at radius 3 is 2.53 bits per heavy atom. The molecule has 0 fully saturated rings. The highest BCUT2D eigenvalue weighted by atomic mass is 35.5. The van der Waals surface area contributed by atoms with Gasteiger partial charge in [-0.05, 0) is 30.3 Å². The molecule has 2 amide bonds. The number of pyridine rings is 1. The van der Waals surface area contributed by atoms with E-state index >= 15 is 0 Å².